The Labute approximate surface area is 223 Å². The van der Waals surface area contributed by atoms with E-state index in [9.17, 15) is 4.39 Å². The molecule has 9 nitrogen and oxygen atoms in total. The van der Waals surface area contributed by atoms with E-state index in [0.717, 1.165) is 40.0 Å². The van der Waals surface area contributed by atoms with Gasteiger partial charge in [0.15, 0.2) is 0 Å². The summed E-state index contributed by atoms with van der Waals surface area (Å²) in [4.78, 5) is 19.2. The summed E-state index contributed by atoms with van der Waals surface area (Å²) in [5.41, 5.74) is 6.65. The molecule has 1 aromatic carbocycles. The summed E-state index contributed by atoms with van der Waals surface area (Å²) >= 11 is 0. The van der Waals surface area contributed by atoms with Gasteiger partial charge in [0.2, 0.25) is 0 Å². The first-order valence-corrected chi connectivity index (χ1v) is 12.4. The van der Waals surface area contributed by atoms with Crippen LogP contribution in [-0.2, 0) is 0 Å². The molecule has 6 aromatic rings. The van der Waals surface area contributed by atoms with Crippen LogP contribution in [0.4, 0.5) is 4.39 Å². The third-order valence-electron chi connectivity index (χ3n) is 6.43. The molecule has 0 unspecified atom stereocenters. The van der Waals surface area contributed by atoms with Gasteiger partial charge < -0.3 is 19.4 Å². The molecule has 0 spiro atoms. The van der Waals surface area contributed by atoms with Crippen LogP contribution in [0.5, 0.6) is 11.5 Å². The van der Waals surface area contributed by atoms with E-state index in [1.54, 1.807) is 24.7 Å². The number of benzene rings is 1. The third kappa shape index (κ3) is 4.89. The van der Waals surface area contributed by atoms with Gasteiger partial charge in [0, 0.05) is 36.0 Å². The average Bonchev–Trinajstić information content (AvgIpc) is 3.56. The number of hydrogen-bond acceptors (Lipinski definition) is 7. The lowest BCUT2D eigenvalue weighted by Gasteiger charge is -2.11. The highest BCUT2D eigenvalue weighted by Crippen LogP contribution is 2.35. The van der Waals surface area contributed by atoms with Crippen LogP contribution in [0.25, 0.3) is 55.8 Å². The maximum Gasteiger partial charge on any atom is 0.138 e. The first kappa shape index (κ1) is 24.5. The normalized spacial score (nSPS) is 11.5. The number of methoxy groups -OCH3 is 1. The van der Waals surface area contributed by atoms with Gasteiger partial charge in [-0.1, -0.05) is 0 Å². The number of hydrogen-bond donors (Lipinski definition) is 2. The van der Waals surface area contributed by atoms with Crippen LogP contribution >= 0.6 is 0 Å². The fourth-order valence-corrected chi connectivity index (χ4v) is 4.47. The largest absolute Gasteiger partial charge is 0.497 e. The number of pyridine rings is 3. The molecule has 0 saturated carbocycles. The Morgan fingerprint density at radius 3 is 2.69 bits per heavy atom. The molecule has 0 fully saturated rings. The van der Waals surface area contributed by atoms with E-state index in [1.165, 1.54) is 19.2 Å². The summed E-state index contributed by atoms with van der Waals surface area (Å²) in [5, 5.41) is 8.44. The molecule has 0 atom stereocenters. The second kappa shape index (κ2) is 10.1. The van der Waals surface area contributed by atoms with Gasteiger partial charge in [-0.25, -0.2) is 14.4 Å². The van der Waals surface area contributed by atoms with Crippen molar-refractivity contribution in [2.24, 2.45) is 0 Å². The van der Waals surface area contributed by atoms with Crippen LogP contribution in [0.3, 0.4) is 0 Å². The molecule has 0 radical (unpaired) electrons. The number of likely N-dealkylation sites (N-methyl/N-ethyl adjacent to an activating group) is 1. The quantitative estimate of drug-likeness (QED) is 0.278. The molecule has 39 heavy (non-hydrogen) atoms. The van der Waals surface area contributed by atoms with Crippen molar-refractivity contribution in [3.8, 4) is 45.3 Å². The molecule has 0 aliphatic rings. The van der Waals surface area contributed by atoms with E-state index in [0.29, 0.717) is 40.5 Å². The monoisotopic (exact) mass is 523 g/mol. The van der Waals surface area contributed by atoms with Crippen molar-refractivity contribution in [2.45, 2.75) is 0 Å². The van der Waals surface area contributed by atoms with Gasteiger partial charge in [-0.2, -0.15) is 5.10 Å². The molecule has 5 aromatic heterocycles. The van der Waals surface area contributed by atoms with Crippen molar-refractivity contribution in [1.29, 1.82) is 0 Å². The zero-order chi connectivity index (χ0) is 26.9. The summed E-state index contributed by atoms with van der Waals surface area (Å²) in [5.74, 6) is 0.760. The maximum atomic E-state index is 14.3. The molecular weight excluding hydrogens is 497 g/mol. The average molecular weight is 524 g/mol. The highest BCUT2D eigenvalue weighted by Gasteiger charge is 2.17. The second-order valence-corrected chi connectivity index (χ2v) is 9.41. The number of halogens is 1. The Morgan fingerprint density at radius 2 is 1.85 bits per heavy atom. The number of aromatic nitrogens is 6. The third-order valence-corrected chi connectivity index (χ3v) is 6.43. The Bertz CT molecular complexity index is 1790. The van der Waals surface area contributed by atoms with E-state index in [1.807, 2.05) is 44.4 Å². The van der Waals surface area contributed by atoms with Gasteiger partial charge in [-0.05, 0) is 67.7 Å². The summed E-state index contributed by atoms with van der Waals surface area (Å²) in [6, 6.07) is 14.2. The minimum absolute atomic E-state index is 0.373. The molecule has 196 valence electrons. The van der Waals surface area contributed by atoms with Crippen LogP contribution < -0.4 is 9.47 Å². The van der Waals surface area contributed by atoms with Gasteiger partial charge in [-0.3, -0.25) is 10.1 Å². The van der Waals surface area contributed by atoms with Crippen LogP contribution in [0.2, 0.25) is 0 Å². The topological polar surface area (TPSA) is 105 Å². The van der Waals surface area contributed by atoms with Crippen molar-refractivity contribution in [2.75, 3.05) is 34.4 Å². The minimum Gasteiger partial charge on any atom is -0.497 e. The van der Waals surface area contributed by atoms with Crippen LogP contribution in [0.1, 0.15) is 0 Å². The Morgan fingerprint density at radius 1 is 0.974 bits per heavy atom. The SMILES string of the molecule is COc1cc(F)cc(-c2ccnc3[nH]c(-c4n[nH]c5ccc(-c6cncc(OCCN(C)C)c6)nc45)cc23)c1. The van der Waals surface area contributed by atoms with E-state index in [4.69, 9.17) is 14.5 Å². The van der Waals surface area contributed by atoms with Crippen molar-refractivity contribution < 1.29 is 13.9 Å². The zero-order valence-corrected chi connectivity index (χ0v) is 21.7. The van der Waals surface area contributed by atoms with Crippen LogP contribution in [0.15, 0.2) is 67.1 Å². The van der Waals surface area contributed by atoms with Crippen LogP contribution in [0, 0.1) is 5.82 Å². The molecule has 2 N–H and O–H groups in total. The molecule has 0 amide bonds. The van der Waals surface area contributed by atoms with Gasteiger partial charge >= 0.3 is 0 Å². The lowest BCUT2D eigenvalue weighted by atomic mass is 10.0. The molecule has 5 heterocycles. The Balaban J connectivity index is 1.38. The standard InChI is InChI=1S/C29H26FN7O2/c1-37(2)8-9-39-21-12-18(15-31-16-21)24-4-5-25-27(33-24)28(36-35-25)26-14-23-22(6-7-32-29(23)34-26)17-10-19(30)13-20(11-17)38-3/h4-7,10-16H,8-9H2,1-3H3,(H,32,34)(H,35,36). The predicted molar refractivity (Wildman–Crippen MR) is 148 cm³/mol. The van der Waals surface area contributed by atoms with Crippen molar-refractivity contribution >= 4 is 22.1 Å². The number of ether oxygens (including phenoxy) is 2. The number of aromatic amines is 2. The molecular formula is C29H26FN7O2. The fourth-order valence-electron chi connectivity index (χ4n) is 4.47. The molecule has 10 heteroatoms. The highest BCUT2D eigenvalue weighted by atomic mass is 19.1. The molecule has 0 aliphatic carbocycles. The number of nitrogens with one attached hydrogen (secondary N) is 2. The molecule has 6 rings (SSSR count). The van der Waals surface area contributed by atoms with Crippen molar-refractivity contribution in [3.63, 3.8) is 0 Å². The van der Waals surface area contributed by atoms with Crippen molar-refractivity contribution in [1.82, 2.24) is 35.0 Å². The smallest absolute Gasteiger partial charge is 0.138 e. The highest BCUT2D eigenvalue weighted by molar-refractivity contribution is 5.99. The lowest BCUT2D eigenvalue weighted by molar-refractivity contribution is 0.261. The fraction of sp³-hybridized carbons (Fsp3) is 0.172. The van der Waals surface area contributed by atoms with Crippen molar-refractivity contribution in [3.05, 3.63) is 72.9 Å². The summed E-state index contributed by atoms with van der Waals surface area (Å²) in [6.45, 7) is 1.37. The summed E-state index contributed by atoms with van der Waals surface area (Å²) in [6.07, 6.45) is 5.15. The van der Waals surface area contributed by atoms with E-state index >= 15 is 0 Å². The number of nitrogens with zero attached hydrogens (tertiary/aromatic N) is 5. The first-order chi connectivity index (χ1) is 19.0. The van der Waals surface area contributed by atoms with Gasteiger partial charge in [0.25, 0.3) is 0 Å². The predicted octanol–water partition coefficient (Wildman–Crippen LogP) is 5.32. The Hall–Kier alpha value is -4.83. The number of rotatable bonds is 8. The lowest BCUT2D eigenvalue weighted by Crippen LogP contribution is -2.19. The Kier molecular flexibility index (Phi) is 6.37. The molecule has 0 bridgehead atoms. The van der Waals surface area contributed by atoms with Gasteiger partial charge in [0.1, 0.15) is 40.8 Å². The number of fused-ring (bicyclic) bond motifs is 2. The number of H-pyrrole nitrogens is 2. The summed E-state index contributed by atoms with van der Waals surface area (Å²) in [7, 11) is 5.52. The minimum atomic E-state index is -0.373. The first-order valence-electron chi connectivity index (χ1n) is 12.4. The van der Waals surface area contributed by atoms with E-state index in [2.05, 4.69) is 30.0 Å². The van der Waals surface area contributed by atoms with Crippen LogP contribution in [-0.4, -0.2) is 69.4 Å². The van der Waals surface area contributed by atoms with Gasteiger partial charge in [0.05, 0.1) is 30.2 Å². The molecule has 0 aliphatic heterocycles. The zero-order valence-electron chi connectivity index (χ0n) is 21.7. The van der Waals surface area contributed by atoms with E-state index in [-0.39, 0.29) is 5.82 Å². The summed E-state index contributed by atoms with van der Waals surface area (Å²) < 4.78 is 25.4. The maximum absolute atomic E-state index is 14.3. The van der Waals surface area contributed by atoms with Gasteiger partial charge in [-0.15, -0.1) is 0 Å². The molecule has 0 saturated heterocycles. The van der Waals surface area contributed by atoms with E-state index < -0.39 is 0 Å². The second-order valence-electron chi connectivity index (χ2n) is 9.41.